The molecule has 0 atom stereocenters. The second kappa shape index (κ2) is 9.04. The number of halogens is 2. The molecule has 0 fully saturated rings. The van der Waals surface area contributed by atoms with Crippen molar-refractivity contribution >= 4 is 43.7 Å². The lowest BCUT2D eigenvalue weighted by atomic mass is 10.2. The van der Waals surface area contributed by atoms with Gasteiger partial charge >= 0.3 is 5.97 Å². The summed E-state index contributed by atoms with van der Waals surface area (Å²) in [5.74, 6) is 0.0672. The van der Waals surface area contributed by atoms with Crippen LogP contribution < -0.4 is 10.1 Å². The molecule has 116 valence electrons. The second-order valence-electron chi connectivity index (χ2n) is 4.38. The fourth-order valence-corrected chi connectivity index (χ4v) is 3.22. The molecule has 0 aromatic heterocycles. The third kappa shape index (κ3) is 6.48. The maximum atomic E-state index is 11.6. The highest BCUT2D eigenvalue weighted by atomic mass is 79.9. The third-order valence-electron chi connectivity index (χ3n) is 2.60. The highest BCUT2D eigenvalue weighted by molar-refractivity contribution is 9.11. The van der Waals surface area contributed by atoms with Crippen molar-refractivity contribution in [2.75, 3.05) is 20.3 Å². The molecular formula is C14H17Br2NO4. The van der Waals surface area contributed by atoms with Crippen LogP contribution in [0.3, 0.4) is 0 Å². The van der Waals surface area contributed by atoms with E-state index >= 15 is 0 Å². The normalized spacial score (nSPS) is 10.1. The Balaban J connectivity index is 2.35. The maximum Gasteiger partial charge on any atom is 0.305 e. The summed E-state index contributed by atoms with van der Waals surface area (Å²) in [6.07, 6.45) is 0.822. The quantitative estimate of drug-likeness (QED) is 0.541. The average molecular weight is 423 g/mol. The van der Waals surface area contributed by atoms with Crippen molar-refractivity contribution < 1.29 is 19.1 Å². The molecule has 0 aliphatic heterocycles. The lowest BCUT2D eigenvalue weighted by molar-refractivity contribution is -0.140. The monoisotopic (exact) mass is 421 g/mol. The number of rotatable bonds is 7. The van der Waals surface area contributed by atoms with Crippen molar-refractivity contribution in [2.24, 2.45) is 0 Å². The second-order valence-corrected chi connectivity index (χ2v) is 6.08. The van der Waals surface area contributed by atoms with Crippen LogP contribution in [0, 0.1) is 6.92 Å². The Morgan fingerprint density at radius 1 is 1.24 bits per heavy atom. The van der Waals surface area contributed by atoms with E-state index in [0.717, 1.165) is 14.5 Å². The Hall–Kier alpha value is -1.08. The predicted octanol–water partition coefficient (Wildman–Crippen LogP) is 2.97. The van der Waals surface area contributed by atoms with E-state index in [1.807, 2.05) is 19.1 Å². The number of carbonyl (C=O) groups is 2. The Labute approximate surface area is 140 Å². The van der Waals surface area contributed by atoms with Gasteiger partial charge in [0.15, 0.2) is 6.61 Å². The minimum atomic E-state index is -0.284. The molecule has 1 amide bonds. The number of hydrogen-bond donors (Lipinski definition) is 1. The van der Waals surface area contributed by atoms with Crippen molar-refractivity contribution in [3.05, 3.63) is 26.6 Å². The zero-order valence-corrected chi connectivity index (χ0v) is 15.0. The minimum Gasteiger partial charge on any atom is -0.481 e. The van der Waals surface area contributed by atoms with Gasteiger partial charge in [-0.2, -0.15) is 0 Å². The Morgan fingerprint density at radius 3 is 2.43 bits per heavy atom. The molecule has 0 heterocycles. The predicted molar refractivity (Wildman–Crippen MR) is 86.3 cm³/mol. The van der Waals surface area contributed by atoms with Crippen LogP contribution >= 0.6 is 31.9 Å². The van der Waals surface area contributed by atoms with E-state index in [2.05, 4.69) is 41.9 Å². The van der Waals surface area contributed by atoms with Crippen LogP contribution in [0.1, 0.15) is 18.4 Å². The average Bonchev–Trinajstić information content (AvgIpc) is 2.42. The molecule has 0 aliphatic carbocycles. The number of amides is 1. The van der Waals surface area contributed by atoms with Gasteiger partial charge in [-0.25, -0.2) is 0 Å². The first-order valence-electron chi connectivity index (χ1n) is 6.36. The summed E-state index contributed by atoms with van der Waals surface area (Å²) in [5, 5.41) is 2.68. The van der Waals surface area contributed by atoms with Crippen LogP contribution in [0.2, 0.25) is 0 Å². The van der Waals surface area contributed by atoms with Gasteiger partial charge in [0.05, 0.1) is 16.1 Å². The fourth-order valence-electron chi connectivity index (χ4n) is 1.58. The van der Waals surface area contributed by atoms with Crippen molar-refractivity contribution in [1.29, 1.82) is 0 Å². The Kier molecular flexibility index (Phi) is 7.74. The molecule has 0 unspecified atom stereocenters. The summed E-state index contributed by atoms with van der Waals surface area (Å²) in [6.45, 7) is 2.29. The fraction of sp³-hybridized carbons (Fsp3) is 0.429. The lowest BCUT2D eigenvalue weighted by Gasteiger charge is -2.11. The van der Waals surface area contributed by atoms with E-state index < -0.39 is 0 Å². The molecule has 7 heteroatoms. The Bertz CT molecular complexity index is 497. The van der Waals surface area contributed by atoms with Crippen molar-refractivity contribution in [3.63, 3.8) is 0 Å². The lowest BCUT2D eigenvalue weighted by Crippen LogP contribution is -2.30. The van der Waals surface area contributed by atoms with Gasteiger partial charge in [0.25, 0.3) is 5.91 Å². The molecular weight excluding hydrogens is 406 g/mol. The third-order valence-corrected chi connectivity index (χ3v) is 3.78. The highest BCUT2D eigenvalue weighted by Crippen LogP contribution is 2.34. The number of nitrogens with one attached hydrogen (secondary N) is 1. The van der Waals surface area contributed by atoms with Crippen molar-refractivity contribution in [2.45, 2.75) is 19.8 Å². The topological polar surface area (TPSA) is 64.6 Å². The maximum absolute atomic E-state index is 11.6. The van der Waals surface area contributed by atoms with E-state index in [0.29, 0.717) is 18.7 Å². The summed E-state index contributed by atoms with van der Waals surface area (Å²) in [7, 11) is 1.34. The van der Waals surface area contributed by atoms with Gasteiger partial charge in [-0.3, -0.25) is 9.59 Å². The first-order valence-corrected chi connectivity index (χ1v) is 7.94. The van der Waals surface area contributed by atoms with E-state index in [9.17, 15) is 9.59 Å². The molecule has 0 bridgehead atoms. The van der Waals surface area contributed by atoms with Crippen LogP contribution in [0.4, 0.5) is 0 Å². The van der Waals surface area contributed by atoms with E-state index in [1.54, 1.807) is 0 Å². The summed E-state index contributed by atoms with van der Waals surface area (Å²) >= 11 is 6.80. The zero-order valence-electron chi connectivity index (χ0n) is 11.9. The van der Waals surface area contributed by atoms with Gasteiger partial charge in [0, 0.05) is 13.0 Å². The first kappa shape index (κ1) is 18.0. The number of aryl methyl sites for hydroxylation is 1. The Morgan fingerprint density at radius 2 is 1.86 bits per heavy atom. The highest BCUT2D eigenvalue weighted by Gasteiger charge is 2.10. The molecule has 0 saturated carbocycles. The van der Waals surface area contributed by atoms with Gasteiger partial charge < -0.3 is 14.8 Å². The van der Waals surface area contributed by atoms with Gasteiger partial charge in [0.1, 0.15) is 5.75 Å². The molecule has 1 N–H and O–H groups in total. The SMILES string of the molecule is COC(=O)CCCNC(=O)COc1c(Br)cc(C)cc1Br. The van der Waals surface area contributed by atoms with Gasteiger partial charge in [-0.15, -0.1) is 0 Å². The zero-order chi connectivity index (χ0) is 15.8. The molecule has 0 aliphatic rings. The summed E-state index contributed by atoms with van der Waals surface area (Å²) < 4.78 is 11.6. The number of esters is 1. The number of benzene rings is 1. The number of hydrogen-bond acceptors (Lipinski definition) is 4. The summed E-state index contributed by atoms with van der Waals surface area (Å²) in [5.41, 5.74) is 1.08. The van der Waals surface area contributed by atoms with Crippen LogP contribution in [0.25, 0.3) is 0 Å². The molecule has 5 nitrogen and oxygen atoms in total. The van der Waals surface area contributed by atoms with Crippen molar-refractivity contribution in [1.82, 2.24) is 5.32 Å². The molecule has 1 aromatic rings. The van der Waals surface area contributed by atoms with Crippen LogP contribution in [0.5, 0.6) is 5.75 Å². The number of ether oxygens (including phenoxy) is 2. The largest absolute Gasteiger partial charge is 0.481 e. The molecule has 0 radical (unpaired) electrons. The molecule has 0 saturated heterocycles. The standard InChI is InChI=1S/C14H17Br2NO4/c1-9-6-10(15)14(11(16)7-9)21-8-12(18)17-5-3-4-13(19)20-2/h6-7H,3-5,8H2,1-2H3,(H,17,18). The summed E-state index contributed by atoms with van der Waals surface area (Å²) in [4.78, 5) is 22.5. The van der Waals surface area contributed by atoms with Gasteiger partial charge in [-0.1, -0.05) is 0 Å². The van der Waals surface area contributed by atoms with E-state index in [-0.39, 0.29) is 24.9 Å². The van der Waals surface area contributed by atoms with Crippen LogP contribution in [0.15, 0.2) is 21.1 Å². The van der Waals surface area contributed by atoms with E-state index in [4.69, 9.17) is 4.74 Å². The number of carbonyl (C=O) groups excluding carboxylic acids is 2. The van der Waals surface area contributed by atoms with E-state index in [1.165, 1.54) is 7.11 Å². The molecule has 1 rings (SSSR count). The smallest absolute Gasteiger partial charge is 0.305 e. The molecule has 0 spiro atoms. The van der Waals surface area contributed by atoms with Gasteiger partial charge in [-0.05, 0) is 62.9 Å². The van der Waals surface area contributed by atoms with Crippen molar-refractivity contribution in [3.8, 4) is 5.75 Å². The van der Waals surface area contributed by atoms with Gasteiger partial charge in [0.2, 0.25) is 0 Å². The van der Waals surface area contributed by atoms with Crippen LogP contribution in [-0.2, 0) is 14.3 Å². The molecule has 1 aromatic carbocycles. The first-order chi connectivity index (χ1) is 9.93. The molecule has 21 heavy (non-hydrogen) atoms. The number of methoxy groups -OCH3 is 1. The minimum absolute atomic E-state index is 0.0848. The van der Waals surface area contributed by atoms with Crippen LogP contribution in [-0.4, -0.2) is 32.1 Å². The summed E-state index contributed by atoms with van der Waals surface area (Å²) in [6, 6.07) is 3.82.